The minimum Gasteiger partial charge on any atom is -0.481 e. The van der Waals surface area contributed by atoms with Crippen molar-refractivity contribution in [3.63, 3.8) is 0 Å². The van der Waals surface area contributed by atoms with Crippen LogP contribution in [0.25, 0.3) is 10.9 Å². The number of nitrogens with one attached hydrogen (secondary N) is 1. The van der Waals surface area contributed by atoms with Gasteiger partial charge in [0.15, 0.2) is 0 Å². The standard InChI is InChI=1S/C18H22N4O5/c23-16(24)6-5-14(18(25)26)20-17-12-3-1-2-4-13(12)19-15(21-17)11-22-7-9-27-10-8-22/h1-4,14H,5-11H2,(H,23,24)(H,25,26)(H,19,20,21). The summed E-state index contributed by atoms with van der Waals surface area (Å²) in [5.74, 6) is -1.17. The maximum atomic E-state index is 11.5. The van der Waals surface area contributed by atoms with E-state index in [-0.39, 0.29) is 12.8 Å². The van der Waals surface area contributed by atoms with Gasteiger partial charge >= 0.3 is 11.9 Å². The van der Waals surface area contributed by atoms with Crippen molar-refractivity contribution in [3.8, 4) is 0 Å². The van der Waals surface area contributed by atoms with Crippen LogP contribution in [0.2, 0.25) is 0 Å². The van der Waals surface area contributed by atoms with E-state index in [9.17, 15) is 14.7 Å². The van der Waals surface area contributed by atoms with Gasteiger partial charge in [-0.25, -0.2) is 14.8 Å². The molecule has 0 saturated carbocycles. The van der Waals surface area contributed by atoms with Crippen molar-refractivity contribution >= 4 is 28.7 Å². The third-order valence-corrected chi connectivity index (χ3v) is 4.37. The minimum atomic E-state index is -1.12. The van der Waals surface area contributed by atoms with E-state index in [0.717, 1.165) is 13.1 Å². The Kier molecular flexibility index (Phi) is 6.15. The van der Waals surface area contributed by atoms with Crippen LogP contribution in [0, 0.1) is 0 Å². The van der Waals surface area contributed by atoms with E-state index in [1.165, 1.54) is 0 Å². The molecule has 2 heterocycles. The Morgan fingerprint density at radius 1 is 1.19 bits per heavy atom. The van der Waals surface area contributed by atoms with Crippen LogP contribution in [0.4, 0.5) is 5.82 Å². The number of aliphatic carboxylic acids is 2. The van der Waals surface area contributed by atoms with Crippen molar-refractivity contribution in [3.05, 3.63) is 30.1 Å². The molecule has 9 nitrogen and oxygen atoms in total. The maximum absolute atomic E-state index is 11.5. The van der Waals surface area contributed by atoms with Gasteiger partial charge in [-0.05, 0) is 18.6 Å². The minimum absolute atomic E-state index is 0.0399. The summed E-state index contributed by atoms with van der Waals surface area (Å²) < 4.78 is 5.35. The van der Waals surface area contributed by atoms with Gasteiger partial charge in [-0.1, -0.05) is 12.1 Å². The lowest BCUT2D eigenvalue weighted by atomic mass is 10.1. The number of fused-ring (bicyclic) bond motifs is 1. The van der Waals surface area contributed by atoms with Crippen LogP contribution in [-0.4, -0.2) is 69.4 Å². The molecule has 1 aromatic heterocycles. The first-order valence-electron chi connectivity index (χ1n) is 8.80. The van der Waals surface area contributed by atoms with Crippen LogP contribution in [0.1, 0.15) is 18.7 Å². The van der Waals surface area contributed by atoms with Gasteiger partial charge in [-0.2, -0.15) is 0 Å². The van der Waals surface area contributed by atoms with E-state index < -0.39 is 18.0 Å². The van der Waals surface area contributed by atoms with Gasteiger partial charge < -0.3 is 20.3 Å². The van der Waals surface area contributed by atoms with E-state index in [1.807, 2.05) is 24.3 Å². The molecule has 1 aromatic carbocycles. The second kappa shape index (κ2) is 8.74. The Balaban J connectivity index is 1.87. The SMILES string of the molecule is O=C(O)CCC(Nc1nc(CN2CCOCC2)nc2ccccc12)C(=O)O. The second-order valence-electron chi connectivity index (χ2n) is 6.36. The number of hydrogen-bond acceptors (Lipinski definition) is 7. The summed E-state index contributed by atoms with van der Waals surface area (Å²) in [6.45, 7) is 3.43. The quantitative estimate of drug-likeness (QED) is 0.625. The van der Waals surface area contributed by atoms with Crippen molar-refractivity contribution < 1.29 is 24.5 Å². The van der Waals surface area contributed by atoms with E-state index >= 15 is 0 Å². The lowest BCUT2D eigenvalue weighted by Gasteiger charge is -2.26. The normalized spacial score (nSPS) is 16.1. The monoisotopic (exact) mass is 374 g/mol. The summed E-state index contributed by atoms with van der Waals surface area (Å²) >= 11 is 0. The van der Waals surface area contributed by atoms with Crippen LogP contribution in [0.5, 0.6) is 0 Å². The van der Waals surface area contributed by atoms with Crippen molar-refractivity contribution in [2.45, 2.75) is 25.4 Å². The van der Waals surface area contributed by atoms with Crippen LogP contribution in [0.3, 0.4) is 0 Å². The first kappa shape index (κ1) is 19.0. The Morgan fingerprint density at radius 3 is 2.63 bits per heavy atom. The Labute approximate surface area is 156 Å². The zero-order chi connectivity index (χ0) is 19.2. The number of hydrogen-bond donors (Lipinski definition) is 3. The van der Waals surface area contributed by atoms with Crippen molar-refractivity contribution in [1.82, 2.24) is 14.9 Å². The number of benzene rings is 1. The zero-order valence-electron chi connectivity index (χ0n) is 14.8. The molecule has 3 rings (SSSR count). The fourth-order valence-electron chi connectivity index (χ4n) is 2.95. The molecule has 1 atom stereocenters. The maximum Gasteiger partial charge on any atom is 0.326 e. The number of carboxylic acid groups (broad SMARTS) is 2. The highest BCUT2D eigenvalue weighted by atomic mass is 16.5. The molecule has 3 N–H and O–H groups in total. The molecule has 2 aromatic rings. The van der Waals surface area contributed by atoms with E-state index in [1.54, 1.807) is 0 Å². The van der Waals surface area contributed by atoms with Crippen LogP contribution >= 0.6 is 0 Å². The number of para-hydroxylation sites is 1. The summed E-state index contributed by atoms with van der Waals surface area (Å²) in [5.41, 5.74) is 0.709. The van der Waals surface area contributed by atoms with Gasteiger partial charge in [0.25, 0.3) is 0 Å². The van der Waals surface area contributed by atoms with Crippen molar-refractivity contribution in [2.24, 2.45) is 0 Å². The summed E-state index contributed by atoms with van der Waals surface area (Å²) in [7, 11) is 0. The van der Waals surface area contributed by atoms with Gasteiger partial charge in [0.1, 0.15) is 17.7 Å². The summed E-state index contributed by atoms with van der Waals surface area (Å²) in [6, 6.07) is 6.29. The molecule has 0 spiro atoms. The number of aromatic nitrogens is 2. The lowest BCUT2D eigenvalue weighted by molar-refractivity contribution is -0.139. The summed E-state index contributed by atoms with van der Waals surface area (Å²) in [4.78, 5) is 33.6. The van der Waals surface area contributed by atoms with Crippen molar-refractivity contribution in [2.75, 3.05) is 31.6 Å². The molecule has 9 heteroatoms. The number of ether oxygens (including phenoxy) is 1. The molecule has 0 aliphatic carbocycles. The van der Waals surface area contributed by atoms with Gasteiger partial charge in [-0.3, -0.25) is 9.69 Å². The first-order valence-corrected chi connectivity index (χ1v) is 8.80. The van der Waals surface area contributed by atoms with E-state index in [4.69, 9.17) is 9.84 Å². The highest BCUT2D eigenvalue weighted by Gasteiger charge is 2.21. The smallest absolute Gasteiger partial charge is 0.326 e. The van der Waals surface area contributed by atoms with Crippen molar-refractivity contribution in [1.29, 1.82) is 0 Å². The molecule has 1 aliphatic heterocycles. The molecule has 0 amide bonds. The highest BCUT2D eigenvalue weighted by Crippen LogP contribution is 2.22. The third kappa shape index (κ3) is 5.11. The first-order chi connectivity index (χ1) is 13.0. The van der Waals surface area contributed by atoms with Gasteiger partial charge in [-0.15, -0.1) is 0 Å². The number of rotatable bonds is 8. The van der Waals surface area contributed by atoms with E-state index in [0.29, 0.717) is 42.3 Å². The Morgan fingerprint density at radius 2 is 1.93 bits per heavy atom. The average molecular weight is 374 g/mol. The molecular formula is C18H22N4O5. The highest BCUT2D eigenvalue weighted by molar-refractivity contribution is 5.91. The third-order valence-electron chi connectivity index (χ3n) is 4.37. The molecule has 27 heavy (non-hydrogen) atoms. The molecule has 0 bridgehead atoms. The molecule has 144 valence electrons. The van der Waals surface area contributed by atoms with Gasteiger partial charge in [0.2, 0.25) is 0 Å². The largest absolute Gasteiger partial charge is 0.481 e. The number of carbonyl (C=O) groups is 2. The van der Waals surface area contributed by atoms with E-state index in [2.05, 4.69) is 20.2 Å². The summed E-state index contributed by atoms with van der Waals surface area (Å²) in [6.07, 6.45) is -0.282. The predicted octanol–water partition coefficient (Wildman–Crippen LogP) is 1.19. The number of nitrogens with zero attached hydrogens (tertiary/aromatic N) is 3. The fourth-order valence-corrected chi connectivity index (χ4v) is 2.95. The van der Waals surface area contributed by atoms with Crippen LogP contribution in [0.15, 0.2) is 24.3 Å². The van der Waals surface area contributed by atoms with Crippen LogP contribution < -0.4 is 5.32 Å². The zero-order valence-corrected chi connectivity index (χ0v) is 14.8. The Bertz CT molecular complexity index is 823. The number of anilines is 1. The predicted molar refractivity (Wildman–Crippen MR) is 97.6 cm³/mol. The van der Waals surface area contributed by atoms with Gasteiger partial charge in [0.05, 0.1) is 25.3 Å². The molecule has 1 fully saturated rings. The number of morpholine rings is 1. The topological polar surface area (TPSA) is 125 Å². The van der Waals surface area contributed by atoms with Crippen LogP contribution in [-0.2, 0) is 20.9 Å². The molecular weight excluding hydrogens is 352 g/mol. The van der Waals surface area contributed by atoms with Gasteiger partial charge in [0, 0.05) is 24.9 Å². The molecule has 1 saturated heterocycles. The summed E-state index contributed by atoms with van der Waals surface area (Å²) in [5, 5.41) is 21.9. The Hall–Kier alpha value is -2.78. The average Bonchev–Trinajstić information content (AvgIpc) is 2.65. The number of carboxylic acids is 2. The molecule has 0 radical (unpaired) electrons. The molecule has 1 unspecified atom stereocenters. The second-order valence-corrected chi connectivity index (χ2v) is 6.36. The molecule has 1 aliphatic rings. The fraction of sp³-hybridized carbons (Fsp3) is 0.444. The lowest BCUT2D eigenvalue weighted by Crippen LogP contribution is -2.36.